The molecule has 0 radical (unpaired) electrons. The number of carboxylic acid groups (broad SMARTS) is 1. The fourth-order valence-electron chi connectivity index (χ4n) is 1.90. The van der Waals surface area contributed by atoms with Crippen LogP contribution in [0, 0.1) is 0 Å². The standard InChI is InChI=1S/C10H14N2O5S/c13-10(14)6-12-5-9(4-11-12)17-8-2-1-3-18(15,16)7-8/h4-5,8H,1-3,6-7H2,(H,13,14). The van der Waals surface area contributed by atoms with Crippen molar-refractivity contribution in [2.45, 2.75) is 25.5 Å². The second kappa shape index (κ2) is 4.97. The highest BCUT2D eigenvalue weighted by molar-refractivity contribution is 7.91. The highest BCUT2D eigenvalue weighted by Gasteiger charge is 2.26. The van der Waals surface area contributed by atoms with Gasteiger partial charge in [0.25, 0.3) is 0 Å². The molecule has 1 saturated heterocycles. The molecule has 0 aliphatic carbocycles. The largest absolute Gasteiger partial charge is 0.486 e. The summed E-state index contributed by atoms with van der Waals surface area (Å²) in [7, 11) is -3.01. The van der Waals surface area contributed by atoms with Crippen LogP contribution in [0.1, 0.15) is 12.8 Å². The van der Waals surface area contributed by atoms with E-state index in [9.17, 15) is 13.2 Å². The second-order valence-electron chi connectivity index (χ2n) is 4.26. The summed E-state index contributed by atoms with van der Waals surface area (Å²) in [5, 5.41) is 12.4. The molecule has 1 aliphatic rings. The van der Waals surface area contributed by atoms with Gasteiger partial charge in [-0.05, 0) is 12.8 Å². The number of rotatable bonds is 4. The molecule has 0 amide bonds. The molecule has 1 aliphatic heterocycles. The smallest absolute Gasteiger partial charge is 0.325 e. The SMILES string of the molecule is O=C(O)Cn1cc(OC2CCCS(=O)(=O)C2)cn1. The van der Waals surface area contributed by atoms with Crippen LogP contribution >= 0.6 is 0 Å². The number of aliphatic carboxylic acids is 1. The second-order valence-corrected chi connectivity index (χ2v) is 6.49. The Hall–Kier alpha value is -1.57. The summed E-state index contributed by atoms with van der Waals surface area (Å²) in [6.45, 7) is -0.244. The van der Waals surface area contributed by atoms with E-state index < -0.39 is 15.8 Å². The van der Waals surface area contributed by atoms with Crippen molar-refractivity contribution in [3.8, 4) is 5.75 Å². The summed E-state index contributed by atoms with van der Waals surface area (Å²) in [6.07, 6.45) is 3.75. The predicted octanol–water partition coefficient (Wildman–Crippen LogP) is -0.0763. The highest BCUT2D eigenvalue weighted by atomic mass is 32.2. The molecule has 2 heterocycles. The van der Waals surface area contributed by atoms with Crippen LogP contribution in [0.15, 0.2) is 12.4 Å². The minimum atomic E-state index is -3.01. The first-order chi connectivity index (χ1) is 8.44. The Labute approximate surface area is 104 Å². The predicted molar refractivity (Wildman–Crippen MR) is 62.2 cm³/mol. The normalized spacial score (nSPS) is 22.6. The molecule has 0 saturated carbocycles. The van der Waals surface area contributed by atoms with E-state index in [2.05, 4.69) is 5.10 Å². The van der Waals surface area contributed by atoms with Crippen LogP contribution in [0.25, 0.3) is 0 Å². The lowest BCUT2D eigenvalue weighted by atomic mass is 10.2. The van der Waals surface area contributed by atoms with Crippen LogP contribution in [0.2, 0.25) is 0 Å². The third-order valence-corrected chi connectivity index (χ3v) is 4.42. The summed E-state index contributed by atoms with van der Waals surface area (Å²) in [6, 6.07) is 0. The average Bonchev–Trinajstić information content (AvgIpc) is 2.62. The van der Waals surface area contributed by atoms with Gasteiger partial charge in [-0.25, -0.2) is 8.42 Å². The Morgan fingerprint density at radius 3 is 3.06 bits per heavy atom. The van der Waals surface area contributed by atoms with Crippen molar-refractivity contribution in [3.05, 3.63) is 12.4 Å². The van der Waals surface area contributed by atoms with E-state index in [0.717, 1.165) is 0 Å². The van der Waals surface area contributed by atoms with Crippen LogP contribution in [0.4, 0.5) is 0 Å². The molecule has 1 fully saturated rings. The lowest BCUT2D eigenvalue weighted by molar-refractivity contribution is -0.137. The van der Waals surface area contributed by atoms with Gasteiger partial charge in [0, 0.05) is 0 Å². The van der Waals surface area contributed by atoms with Gasteiger partial charge in [-0.15, -0.1) is 0 Å². The van der Waals surface area contributed by atoms with Gasteiger partial charge in [-0.2, -0.15) is 5.10 Å². The van der Waals surface area contributed by atoms with Gasteiger partial charge in [-0.3, -0.25) is 9.48 Å². The third kappa shape index (κ3) is 3.46. The first-order valence-corrected chi connectivity index (χ1v) is 7.38. The molecule has 100 valence electrons. The topological polar surface area (TPSA) is 98.5 Å². The zero-order valence-electron chi connectivity index (χ0n) is 9.65. The van der Waals surface area contributed by atoms with Crippen LogP contribution in [0.3, 0.4) is 0 Å². The first-order valence-electron chi connectivity index (χ1n) is 5.56. The molecule has 0 bridgehead atoms. The van der Waals surface area contributed by atoms with E-state index in [1.807, 2.05) is 0 Å². The lowest BCUT2D eigenvalue weighted by Crippen LogP contribution is -2.33. The van der Waals surface area contributed by atoms with Crippen molar-refractivity contribution in [2.75, 3.05) is 11.5 Å². The number of aromatic nitrogens is 2. The molecular weight excluding hydrogens is 260 g/mol. The van der Waals surface area contributed by atoms with E-state index in [4.69, 9.17) is 9.84 Å². The quantitative estimate of drug-likeness (QED) is 0.824. The van der Waals surface area contributed by atoms with Crippen LogP contribution in [-0.4, -0.2) is 46.9 Å². The van der Waals surface area contributed by atoms with Gasteiger partial charge in [-0.1, -0.05) is 0 Å². The maximum atomic E-state index is 11.4. The number of carboxylic acids is 1. The van der Waals surface area contributed by atoms with Gasteiger partial charge in [0.05, 0.1) is 23.9 Å². The summed E-state index contributed by atoms with van der Waals surface area (Å²) in [4.78, 5) is 10.5. The Morgan fingerprint density at radius 2 is 2.39 bits per heavy atom. The van der Waals surface area contributed by atoms with Crippen LogP contribution < -0.4 is 4.74 Å². The summed E-state index contributed by atoms with van der Waals surface area (Å²) in [5.41, 5.74) is 0. The Morgan fingerprint density at radius 1 is 1.61 bits per heavy atom. The zero-order chi connectivity index (χ0) is 13.2. The molecule has 8 heteroatoms. The highest BCUT2D eigenvalue weighted by Crippen LogP contribution is 2.19. The van der Waals surface area contributed by atoms with Gasteiger partial charge >= 0.3 is 5.97 Å². The third-order valence-electron chi connectivity index (χ3n) is 2.63. The molecule has 1 unspecified atom stereocenters. The Kier molecular flexibility index (Phi) is 3.55. The van der Waals surface area contributed by atoms with E-state index in [1.54, 1.807) is 0 Å². The monoisotopic (exact) mass is 274 g/mol. The molecule has 0 aromatic carbocycles. The number of hydrogen-bond donors (Lipinski definition) is 1. The van der Waals surface area contributed by atoms with E-state index in [1.165, 1.54) is 17.1 Å². The number of carbonyl (C=O) groups is 1. The number of sulfone groups is 1. The minimum absolute atomic E-state index is 0.0110. The summed E-state index contributed by atoms with van der Waals surface area (Å²) >= 11 is 0. The van der Waals surface area contributed by atoms with Crippen molar-refractivity contribution in [3.63, 3.8) is 0 Å². The van der Waals surface area contributed by atoms with Gasteiger partial charge < -0.3 is 9.84 Å². The molecule has 18 heavy (non-hydrogen) atoms. The maximum absolute atomic E-state index is 11.4. The van der Waals surface area contributed by atoms with Crippen molar-refractivity contribution in [1.29, 1.82) is 0 Å². The van der Waals surface area contributed by atoms with Gasteiger partial charge in [0.15, 0.2) is 15.6 Å². The van der Waals surface area contributed by atoms with E-state index >= 15 is 0 Å². The summed E-state index contributed by atoms with van der Waals surface area (Å²) < 4.78 is 29.6. The fourth-order valence-corrected chi connectivity index (χ4v) is 3.47. The molecule has 1 aromatic heterocycles. The van der Waals surface area contributed by atoms with E-state index in [0.29, 0.717) is 18.6 Å². The Balaban J connectivity index is 1.97. The van der Waals surface area contributed by atoms with Crippen LogP contribution in [0.5, 0.6) is 5.75 Å². The fraction of sp³-hybridized carbons (Fsp3) is 0.600. The minimum Gasteiger partial charge on any atom is -0.486 e. The molecular formula is C10H14N2O5S. The number of nitrogens with zero attached hydrogens (tertiary/aromatic N) is 2. The number of hydrogen-bond acceptors (Lipinski definition) is 5. The molecule has 7 nitrogen and oxygen atoms in total. The molecule has 2 rings (SSSR count). The van der Waals surface area contributed by atoms with Crippen molar-refractivity contribution in [2.24, 2.45) is 0 Å². The number of ether oxygens (including phenoxy) is 1. The van der Waals surface area contributed by atoms with Gasteiger partial charge in [0.1, 0.15) is 12.6 Å². The first kappa shape index (κ1) is 12.9. The maximum Gasteiger partial charge on any atom is 0.325 e. The molecule has 1 atom stereocenters. The summed E-state index contributed by atoms with van der Waals surface area (Å²) in [5.74, 6) is -0.370. The molecule has 1 aromatic rings. The average molecular weight is 274 g/mol. The van der Waals surface area contributed by atoms with Crippen LogP contribution in [-0.2, 0) is 21.2 Å². The van der Waals surface area contributed by atoms with Crippen molar-refractivity contribution >= 4 is 15.8 Å². The lowest BCUT2D eigenvalue weighted by Gasteiger charge is -2.22. The van der Waals surface area contributed by atoms with Crippen molar-refractivity contribution < 1.29 is 23.1 Å². The molecule has 1 N–H and O–H groups in total. The van der Waals surface area contributed by atoms with E-state index in [-0.39, 0.29) is 24.2 Å². The van der Waals surface area contributed by atoms with Crippen molar-refractivity contribution in [1.82, 2.24) is 9.78 Å². The Bertz CT molecular complexity index is 536. The zero-order valence-corrected chi connectivity index (χ0v) is 10.5. The molecule has 0 spiro atoms. The van der Waals surface area contributed by atoms with Gasteiger partial charge in [0.2, 0.25) is 0 Å².